The second-order valence-electron chi connectivity index (χ2n) is 5.15. The Bertz CT molecular complexity index is 472. The van der Waals surface area contributed by atoms with E-state index in [2.05, 4.69) is 4.98 Å². The highest BCUT2D eigenvalue weighted by molar-refractivity contribution is 7.18. The van der Waals surface area contributed by atoms with Crippen LogP contribution in [-0.2, 0) is 0 Å². The number of hydrogen-bond donors (Lipinski definition) is 2. The summed E-state index contributed by atoms with van der Waals surface area (Å²) < 4.78 is 0. The van der Waals surface area contributed by atoms with E-state index in [1.165, 1.54) is 11.3 Å². The number of thiazole rings is 1. The molecular weight excluding hydrogens is 264 g/mol. The summed E-state index contributed by atoms with van der Waals surface area (Å²) >= 11 is 1.31. The highest BCUT2D eigenvalue weighted by Crippen LogP contribution is 2.30. The zero-order valence-corrected chi connectivity index (χ0v) is 12.3. The summed E-state index contributed by atoms with van der Waals surface area (Å²) in [4.78, 5) is 20.6. The van der Waals surface area contributed by atoms with Gasteiger partial charge in [0.15, 0.2) is 5.13 Å². The third-order valence-electron chi connectivity index (χ3n) is 3.41. The summed E-state index contributed by atoms with van der Waals surface area (Å²) in [6.07, 6.45) is 0.455. The lowest BCUT2D eigenvalue weighted by Gasteiger charge is -2.17. The smallest absolute Gasteiger partial charge is 0.267 e. The van der Waals surface area contributed by atoms with Gasteiger partial charge in [0.25, 0.3) is 5.91 Å². The lowest BCUT2D eigenvalue weighted by atomic mass is 10.0. The van der Waals surface area contributed by atoms with E-state index in [1.807, 2.05) is 19.0 Å². The molecule has 106 valence electrons. The Balaban J connectivity index is 2.12. The van der Waals surface area contributed by atoms with Crippen molar-refractivity contribution < 1.29 is 9.90 Å². The van der Waals surface area contributed by atoms with Gasteiger partial charge in [0.1, 0.15) is 10.7 Å². The molecule has 0 radical (unpaired) electrons. The molecule has 2 heterocycles. The van der Waals surface area contributed by atoms with Gasteiger partial charge in [-0.05, 0) is 13.3 Å². The molecule has 1 saturated heterocycles. The lowest BCUT2D eigenvalue weighted by Crippen LogP contribution is -2.30. The zero-order chi connectivity index (χ0) is 14.2. The average Bonchev–Trinajstić information content (AvgIpc) is 2.94. The Morgan fingerprint density at radius 1 is 1.63 bits per heavy atom. The molecule has 1 aliphatic rings. The molecule has 0 saturated carbocycles. The molecule has 3 N–H and O–H groups in total. The number of carbonyl (C=O) groups is 1. The SMILES string of the molecule is CC(O)C1CCN(C(=O)c2sc(N(C)C)nc2N)C1. The van der Waals surface area contributed by atoms with Crippen molar-refractivity contribution in [2.75, 3.05) is 37.8 Å². The summed E-state index contributed by atoms with van der Waals surface area (Å²) in [6.45, 7) is 3.03. The van der Waals surface area contributed by atoms with E-state index in [0.29, 0.717) is 23.8 Å². The summed E-state index contributed by atoms with van der Waals surface area (Å²) in [5.41, 5.74) is 5.82. The zero-order valence-electron chi connectivity index (χ0n) is 11.5. The Hall–Kier alpha value is -1.34. The van der Waals surface area contributed by atoms with Crippen LogP contribution < -0.4 is 10.6 Å². The van der Waals surface area contributed by atoms with E-state index in [0.717, 1.165) is 11.6 Å². The first kappa shape index (κ1) is 14.1. The molecule has 1 aromatic rings. The van der Waals surface area contributed by atoms with Crippen molar-refractivity contribution in [2.45, 2.75) is 19.4 Å². The minimum absolute atomic E-state index is 0.0775. The summed E-state index contributed by atoms with van der Waals surface area (Å²) in [6, 6.07) is 0. The normalized spacial score (nSPS) is 20.6. The van der Waals surface area contributed by atoms with Crippen molar-refractivity contribution in [3.8, 4) is 0 Å². The molecule has 0 aromatic carbocycles. The molecule has 1 fully saturated rings. The second kappa shape index (κ2) is 5.34. The third-order valence-corrected chi connectivity index (χ3v) is 4.64. The molecule has 0 aliphatic carbocycles. The molecule has 2 atom stereocenters. The Labute approximate surface area is 116 Å². The minimum atomic E-state index is -0.381. The highest BCUT2D eigenvalue weighted by Gasteiger charge is 2.31. The van der Waals surface area contributed by atoms with Crippen molar-refractivity contribution in [3.05, 3.63) is 4.88 Å². The average molecular weight is 284 g/mol. The number of nitrogens with zero attached hydrogens (tertiary/aromatic N) is 3. The molecule has 1 aromatic heterocycles. The largest absolute Gasteiger partial charge is 0.393 e. The van der Waals surface area contributed by atoms with Gasteiger partial charge in [-0.3, -0.25) is 4.79 Å². The van der Waals surface area contributed by atoms with Crippen molar-refractivity contribution in [3.63, 3.8) is 0 Å². The van der Waals surface area contributed by atoms with Gasteiger partial charge in [-0.25, -0.2) is 4.98 Å². The van der Waals surface area contributed by atoms with E-state index in [9.17, 15) is 9.90 Å². The first-order valence-corrected chi connectivity index (χ1v) is 7.12. The maximum atomic E-state index is 12.4. The van der Waals surface area contributed by atoms with E-state index in [4.69, 9.17) is 5.73 Å². The third kappa shape index (κ3) is 2.82. The molecule has 2 rings (SSSR count). The topological polar surface area (TPSA) is 82.7 Å². The van der Waals surface area contributed by atoms with E-state index in [1.54, 1.807) is 11.8 Å². The number of hydrogen-bond acceptors (Lipinski definition) is 6. The molecular formula is C12H20N4O2S. The highest BCUT2D eigenvalue weighted by atomic mass is 32.1. The van der Waals surface area contributed by atoms with Crippen LogP contribution in [0.25, 0.3) is 0 Å². The minimum Gasteiger partial charge on any atom is -0.393 e. The van der Waals surface area contributed by atoms with Gasteiger partial charge in [-0.2, -0.15) is 0 Å². The van der Waals surface area contributed by atoms with Crippen molar-refractivity contribution in [2.24, 2.45) is 5.92 Å². The fourth-order valence-corrected chi connectivity index (χ4v) is 3.05. The number of nitrogen functional groups attached to an aromatic ring is 1. The van der Waals surface area contributed by atoms with Gasteiger partial charge in [0, 0.05) is 33.1 Å². The lowest BCUT2D eigenvalue weighted by molar-refractivity contribution is 0.0768. The molecule has 0 spiro atoms. The molecule has 2 unspecified atom stereocenters. The molecule has 1 aliphatic heterocycles. The Morgan fingerprint density at radius 2 is 2.32 bits per heavy atom. The van der Waals surface area contributed by atoms with Crippen LogP contribution in [0, 0.1) is 5.92 Å². The van der Waals surface area contributed by atoms with E-state index >= 15 is 0 Å². The van der Waals surface area contributed by atoms with Crippen LogP contribution in [0.15, 0.2) is 0 Å². The van der Waals surface area contributed by atoms with Crippen LogP contribution in [0.3, 0.4) is 0 Å². The Morgan fingerprint density at radius 3 is 2.79 bits per heavy atom. The number of likely N-dealkylation sites (tertiary alicyclic amines) is 1. The van der Waals surface area contributed by atoms with Gasteiger partial charge in [-0.1, -0.05) is 11.3 Å². The standard InChI is InChI=1S/C12H20N4O2S/c1-7(17)8-4-5-16(6-8)11(18)9-10(13)14-12(19-9)15(2)3/h7-8,17H,4-6,13H2,1-3H3. The number of carbonyl (C=O) groups excluding carboxylic acids is 1. The van der Waals surface area contributed by atoms with Crippen LogP contribution in [0.2, 0.25) is 0 Å². The number of anilines is 2. The number of aromatic nitrogens is 1. The number of aliphatic hydroxyl groups excluding tert-OH is 1. The van der Waals surface area contributed by atoms with Crippen molar-refractivity contribution >= 4 is 28.2 Å². The van der Waals surface area contributed by atoms with Gasteiger partial charge < -0.3 is 20.6 Å². The number of amides is 1. The van der Waals surface area contributed by atoms with Crippen LogP contribution in [0.1, 0.15) is 23.0 Å². The predicted octanol–water partition coefficient (Wildman–Crippen LogP) is 0.634. The quantitative estimate of drug-likeness (QED) is 0.851. The fraction of sp³-hybridized carbons (Fsp3) is 0.667. The van der Waals surface area contributed by atoms with Gasteiger partial charge in [0.2, 0.25) is 0 Å². The first-order chi connectivity index (χ1) is 8.90. The summed E-state index contributed by atoms with van der Waals surface area (Å²) in [5, 5.41) is 10.3. The van der Waals surface area contributed by atoms with E-state index < -0.39 is 0 Å². The molecule has 7 heteroatoms. The second-order valence-corrected chi connectivity index (χ2v) is 6.12. The van der Waals surface area contributed by atoms with Crippen LogP contribution >= 0.6 is 11.3 Å². The van der Waals surface area contributed by atoms with Gasteiger partial charge in [-0.15, -0.1) is 0 Å². The van der Waals surface area contributed by atoms with Crippen molar-refractivity contribution in [1.82, 2.24) is 9.88 Å². The fourth-order valence-electron chi connectivity index (χ4n) is 2.17. The van der Waals surface area contributed by atoms with Crippen molar-refractivity contribution in [1.29, 1.82) is 0 Å². The van der Waals surface area contributed by atoms with E-state index in [-0.39, 0.29) is 17.9 Å². The number of nitrogens with two attached hydrogens (primary N) is 1. The predicted molar refractivity (Wildman–Crippen MR) is 76.5 cm³/mol. The molecule has 6 nitrogen and oxygen atoms in total. The molecule has 19 heavy (non-hydrogen) atoms. The monoisotopic (exact) mass is 284 g/mol. The molecule has 0 bridgehead atoms. The van der Waals surface area contributed by atoms with Crippen LogP contribution in [0.4, 0.5) is 10.9 Å². The Kier molecular flexibility index (Phi) is 3.96. The maximum absolute atomic E-state index is 12.4. The maximum Gasteiger partial charge on any atom is 0.267 e. The summed E-state index contributed by atoms with van der Waals surface area (Å²) in [5.74, 6) is 0.372. The first-order valence-electron chi connectivity index (χ1n) is 6.31. The van der Waals surface area contributed by atoms with Crippen LogP contribution in [0.5, 0.6) is 0 Å². The van der Waals surface area contributed by atoms with Gasteiger partial charge in [0.05, 0.1) is 6.10 Å². The van der Waals surface area contributed by atoms with Crippen LogP contribution in [-0.4, -0.2) is 54.2 Å². The number of rotatable bonds is 3. The number of aliphatic hydroxyl groups is 1. The molecule has 1 amide bonds. The summed E-state index contributed by atoms with van der Waals surface area (Å²) in [7, 11) is 3.73. The van der Waals surface area contributed by atoms with Gasteiger partial charge >= 0.3 is 0 Å².